The zero-order chi connectivity index (χ0) is 12.2. The topological polar surface area (TPSA) is 40.5 Å². The van der Waals surface area contributed by atoms with Crippen LogP contribution in [0, 0.1) is 0 Å². The number of hydrogen-bond acceptors (Lipinski definition) is 2. The standard InChI is InChI=1S/C13H25NO2/c1-4-8-11(5-2)14-10-7-9-13(14,6-3)12(15)16/h11H,4-10H2,1-3H3,(H,15,16). The van der Waals surface area contributed by atoms with E-state index in [1.165, 1.54) is 0 Å². The molecule has 1 saturated heterocycles. The molecule has 0 aromatic heterocycles. The maximum atomic E-state index is 11.5. The van der Waals surface area contributed by atoms with E-state index >= 15 is 0 Å². The van der Waals surface area contributed by atoms with Crippen molar-refractivity contribution in [1.29, 1.82) is 0 Å². The third-order valence-corrected chi connectivity index (χ3v) is 4.06. The van der Waals surface area contributed by atoms with E-state index in [9.17, 15) is 9.90 Å². The summed E-state index contributed by atoms with van der Waals surface area (Å²) < 4.78 is 0. The first-order chi connectivity index (χ1) is 7.62. The third-order valence-electron chi connectivity index (χ3n) is 4.06. The summed E-state index contributed by atoms with van der Waals surface area (Å²) in [7, 11) is 0. The van der Waals surface area contributed by atoms with Crippen LogP contribution in [0.3, 0.4) is 0 Å². The minimum atomic E-state index is -0.623. The number of carboxylic acids is 1. The lowest BCUT2D eigenvalue weighted by Gasteiger charge is -2.39. The Morgan fingerprint density at radius 2 is 2.12 bits per heavy atom. The quantitative estimate of drug-likeness (QED) is 0.758. The monoisotopic (exact) mass is 227 g/mol. The van der Waals surface area contributed by atoms with Crippen LogP contribution in [0.2, 0.25) is 0 Å². The number of carbonyl (C=O) groups is 1. The Morgan fingerprint density at radius 1 is 1.44 bits per heavy atom. The Bertz CT molecular complexity index is 242. The second-order valence-electron chi connectivity index (χ2n) is 4.84. The molecule has 2 unspecified atom stereocenters. The molecule has 1 aliphatic heterocycles. The van der Waals surface area contributed by atoms with Gasteiger partial charge in [0, 0.05) is 6.04 Å². The first-order valence-corrected chi connectivity index (χ1v) is 6.62. The molecule has 0 amide bonds. The normalized spacial score (nSPS) is 28.2. The minimum Gasteiger partial charge on any atom is -0.480 e. The van der Waals surface area contributed by atoms with E-state index in [-0.39, 0.29) is 0 Å². The molecule has 1 N–H and O–H groups in total. The van der Waals surface area contributed by atoms with Gasteiger partial charge in [0.2, 0.25) is 0 Å². The van der Waals surface area contributed by atoms with Gasteiger partial charge >= 0.3 is 5.97 Å². The van der Waals surface area contributed by atoms with Crippen LogP contribution in [0.5, 0.6) is 0 Å². The van der Waals surface area contributed by atoms with Crippen molar-refractivity contribution in [3.05, 3.63) is 0 Å². The zero-order valence-corrected chi connectivity index (χ0v) is 10.8. The summed E-state index contributed by atoms with van der Waals surface area (Å²) >= 11 is 0. The Balaban J connectivity index is 2.87. The van der Waals surface area contributed by atoms with Gasteiger partial charge in [-0.1, -0.05) is 27.2 Å². The molecule has 2 atom stereocenters. The van der Waals surface area contributed by atoms with Gasteiger partial charge in [-0.3, -0.25) is 9.69 Å². The van der Waals surface area contributed by atoms with Crippen LogP contribution in [0.15, 0.2) is 0 Å². The second kappa shape index (κ2) is 5.67. The molecule has 3 nitrogen and oxygen atoms in total. The molecular weight excluding hydrogens is 202 g/mol. The predicted molar refractivity (Wildman–Crippen MR) is 65.6 cm³/mol. The molecule has 16 heavy (non-hydrogen) atoms. The van der Waals surface area contributed by atoms with Crippen molar-refractivity contribution in [2.75, 3.05) is 6.54 Å². The molecule has 0 aliphatic carbocycles. The Hall–Kier alpha value is -0.570. The predicted octanol–water partition coefficient (Wildman–Crippen LogP) is 2.89. The SMILES string of the molecule is CCCC(CC)N1CCCC1(CC)C(=O)O. The lowest BCUT2D eigenvalue weighted by atomic mass is 9.90. The van der Waals surface area contributed by atoms with Crippen molar-refractivity contribution in [2.45, 2.75) is 70.9 Å². The summed E-state index contributed by atoms with van der Waals surface area (Å²) in [6.45, 7) is 7.30. The summed E-state index contributed by atoms with van der Waals surface area (Å²) in [6, 6.07) is 0.448. The summed E-state index contributed by atoms with van der Waals surface area (Å²) in [5, 5.41) is 9.51. The highest BCUT2D eigenvalue weighted by Gasteiger charge is 2.48. The van der Waals surface area contributed by atoms with Crippen LogP contribution in [-0.4, -0.2) is 34.1 Å². The molecule has 0 saturated carbocycles. The molecule has 0 bridgehead atoms. The summed E-state index contributed by atoms with van der Waals surface area (Å²) in [5.74, 6) is -0.623. The maximum absolute atomic E-state index is 11.5. The van der Waals surface area contributed by atoms with Crippen LogP contribution < -0.4 is 0 Å². The van der Waals surface area contributed by atoms with Gasteiger partial charge in [0.25, 0.3) is 0 Å². The van der Waals surface area contributed by atoms with Gasteiger partial charge in [-0.05, 0) is 38.6 Å². The maximum Gasteiger partial charge on any atom is 0.324 e. The highest BCUT2D eigenvalue weighted by molar-refractivity contribution is 5.79. The molecule has 0 spiro atoms. The lowest BCUT2D eigenvalue weighted by Crippen LogP contribution is -2.54. The molecule has 3 heteroatoms. The van der Waals surface area contributed by atoms with Gasteiger partial charge in [0.05, 0.1) is 0 Å². The van der Waals surface area contributed by atoms with E-state index in [2.05, 4.69) is 18.7 Å². The van der Waals surface area contributed by atoms with Gasteiger partial charge in [0.15, 0.2) is 0 Å². The fourth-order valence-corrected chi connectivity index (χ4v) is 3.11. The molecule has 1 rings (SSSR count). The van der Waals surface area contributed by atoms with Gasteiger partial charge in [-0.25, -0.2) is 0 Å². The third kappa shape index (κ3) is 2.24. The van der Waals surface area contributed by atoms with Crippen molar-refractivity contribution in [3.63, 3.8) is 0 Å². The van der Waals surface area contributed by atoms with Crippen LogP contribution in [-0.2, 0) is 4.79 Å². The number of hydrogen-bond donors (Lipinski definition) is 1. The molecular formula is C13H25NO2. The number of rotatable bonds is 6. The van der Waals surface area contributed by atoms with Crippen molar-refractivity contribution in [3.8, 4) is 0 Å². The first-order valence-electron chi connectivity index (χ1n) is 6.62. The van der Waals surface area contributed by atoms with Crippen LogP contribution in [0.25, 0.3) is 0 Å². The average molecular weight is 227 g/mol. The van der Waals surface area contributed by atoms with Gasteiger partial charge in [0.1, 0.15) is 5.54 Å². The van der Waals surface area contributed by atoms with E-state index in [4.69, 9.17) is 0 Å². The lowest BCUT2D eigenvalue weighted by molar-refractivity contribution is -0.151. The Labute approximate surface area is 98.8 Å². The summed E-state index contributed by atoms with van der Waals surface area (Å²) in [5.41, 5.74) is -0.574. The van der Waals surface area contributed by atoms with Crippen molar-refractivity contribution >= 4 is 5.97 Å². The average Bonchev–Trinajstić information content (AvgIpc) is 2.70. The molecule has 1 fully saturated rings. The van der Waals surface area contributed by atoms with Crippen molar-refractivity contribution in [1.82, 2.24) is 4.90 Å². The van der Waals surface area contributed by atoms with E-state index < -0.39 is 11.5 Å². The van der Waals surface area contributed by atoms with E-state index in [1.807, 2.05) is 6.92 Å². The fraction of sp³-hybridized carbons (Fsp3) is 0.923. The van der Waals surface area contributed by atoms with Crippen LogP contribution in [0.4, 0.5) is 0 Å². The largest absolute Gasteiger partial charge is 0.480 e. The van der Waals surface area contributed by atoms with E-state index in [0.717, 1.165) is 45.1 Å². The number of aliphatic carboxylic acids is 1. The van der Waals surface area contributed by atoms with E-state index in [0.29, 0.717) is 6.04 Å². The zero-order valence-electron chi connectivity index (χ0n) is 10.8. The fourth-order valence-electron chi connectivity index (χ4n) is 3.11. The molecule has 0 aromatic carbocycles. The Morgan fingerprint density at radius 3 is 2.56 bits per heavy atom. The first kappa shape index (κ1) is 13.5. The molecule has 0 aromatic rings. The highest BCUT2D eigenvalue weighted by Crippen LogP contribution is 2.36. The second-order valence-corrected chi connectivity index (χ2v) is 4.84. The molecule has 0 radical (unpaired) electrons. The van der Waals surface area contributed by atoms with Crippen molar-refractivity contribution < 1.29 is 9.90 Å². The smallest absolute Gasteiger partial charge is 0.324 e. The Kier molecular flexibility index (Phi) is 4.78. The van der Waals surface area contributed by atoms with Crippen molar-refractivity contribution in [2.24, 2.45) is 0 Å². The van der Waals surface area contributed by atoms with Gasteiger partial charge < -0.3 is 5.11 Å². The molecule has 1 aliphatic rings. The summed E-state index contributed by atoms with van der Waals surface area (Å²) in [4.78, 5) is 13.8. The molecule has 94 valence electrons. The van der Waals surface area contributed by atoms with Gasteiger partial charge in [-0.2, -0.15) is 0 Å². The number of likely N-dealkylation sites (tertiary alicyclic amines) is 1. The summed E-state index contributed by atoms with van der Waals surface area (Å²) in [6.07, 6.45) is 5.88. The minimum absolute atomic E-state index is 0.448. The molecule has 1 heterocycles. The number of carboxylic acid groups (broad SMARTS) is 1. The van der Waals surface area contributed by atoms with Crippen LogP contribution >= 0.6 is 0 Å². The highest BCUT2D eigenvalue weighted by atomic mass is 16.4. The van der Waals surface area contributed by atoms with Crippen LogP contribution in [0.1, 0.15) is 59.3 Å². The van der Waals surface area contributed by atoms with Gasteiger partial charge in [-0.15, -0.1) is 0 Å². The number of nitrogens with zero attached hydrogens (tertiary/aromatic N) is 1. The van der Waals surface area contributed by atoms with E-state index in [1.54, 1.807) is 0 Å².